The molecule has 2 rings (SSSR count). The zero-order chi connectivity index (χ0) is 13.0. The van der Waals surface area contributed by atoms with Gasteiger partial charge >= 0.3 is 0 Å². The van der Waals surface area contributed by atoms with Crippen molar-refractivity contribution in [2.24, 2.45) is 10.9 Å². The second kappa shape index (κ2) is 6.14. The molecule has 3 nitrogen and oxygen atoms in total. The number of rotatable bonds is 3. The summed E-state index contributed by atoms with van der Waals surface area (Å²) in [6, 6.07) is 6.14. The zero-order valence-corrected chi connectivity index (χ0v) is 11.5. The van der Waals surface area contributed by atoms with E-state index in [0.717, 1.165) is 16.4 Å². The highest BCUT2D eigenvalue weighted by Crippen LogP contribution is 2.34. The molecule has 98 valence electrons. The number of nitrogens with two attached hydrogens (primary N) is 1. The van der Waals surface area contributed by atoms with E-state index in [1.807, 2.05) is 24.8 Å². The molecule has 0 amide bonds. The van der Waals surface area contributed by atoms with E-state index in [9.17, 15) is 0 Å². The molecule has 1 aliphatic rings. The van der Waals surface area contributed by atoms with E-state index in [2.05, 4.69) is 17.3 Å². The van der Waals surface area contributed by atoms with Crippen molar-refractivity contribution in [3.63, 3.8) is 0 Å². The van der Waals surface area contributed by atoms with Crippen LogP contribution in [0.4, 0.5) is 0 Å². The Balaban J connectivity index is 2.08. The van der Waals surface area contributed by atoms with Crippen LogP contribution in [0.25, 0.3) is 0 Å². The first-order valence-electron chi connectivity index (χ1n) is 6.46. The summed E-state index contributed by atoms with van der Waals surface area (Å²) in [5.74, 6) is 0.182. The zero-order valence-electron chi connectivity index (χ0n) is 10.7. The second-order valence-electron chi connectivity index (χ2n) is 4.84. The van der Waals surface area contributed by atoms with Crippen molar-refractivity contribution in [2.45, 2.75) is 49.2 Å². The van der Waals surface area contributed by atoms with Crippen LogP contribution in [0.5, 0.6) is 0 Å². The highest BCUT2D eigenvalue weighted by Gasteiger charge is 2.15. The molecule has 0 atom stereocenters. The van der Waals surface area contributed by atoms with Crippen molar-refractivity contribution in [3.8, 4) is 0 Å². The Bertz CT molecular complexity index is 439. The Kier molecular flexibility index (Phi) is 4.53. The number of hydrogen-bond acceptors (Lipinski definition) is 3. The first kappa shape index (κ1) is 13.3. The molecule has 1 aliphatic carbocycles. The lowest BCUT2D eigenvalue weighted by molar-refractivity contribution is 0.318. The predicted octanol–water partition coefficient (Wildman–Crippen LogP) is 3.51. The van der Waals surface area contributed by atoms with E-state index >= 15 is 0 Å². The van der Waals surface area contributed by atoms with Crippen LogP contribution in [-0.4, -0.2) is 16.3 Å². The second-order valence-corrected chi connectivity index (χ2v) is 6.21. The maximum atomic E-state index is 8.70. The van der Waals surface area contributed by atoms with Crippen LogP contribution in [-0.2, 0) is 0 Å². The Morgan fingerprint density at radius 2 is 2.06 bits per heavy atom. The molecule has 0 bridgehead atoms. The molecule has 0 aliphatic heterocycles. The van der Waals surface area contributed by atoms with E-state index in [-0.39, 0.29) is 5.84 Å². The molecule has 1 aromatic rings. The monoisotopic (exact) mass is 264 g/mol. The predicted molar refractivity (Wildman–Crippen MR) is 76.4 cm³/mol. The van der Waals surface area contributed by atoms with Gasteiger partial charge in [-0.1, -0.05) is 24.4 Å². The molecule has 1 saturated carbocycles. The SMILES string of the molecule is Cc1cc(SC2CCCCC2)ccc1/C(N)=N/O. The van der Waals surface area contributed by atoms with Crippen molar-refractivity contribution < 1.29 is 5.21 Å². The van der Waals surface area contributed by atoms with Crippen LogP contribution in [0, 0.1) is 6.92 Å². The number of thioether (sulfide) groups is 1. The third kappa shape index (κ3) is 3.19. The number of oxime groups is 1. The minimum Gasteiger partial charge on any atom is -0.409 e. The van der Waals surface area contributed by atoms with E-state index in [4.69, 9.17) is 10.9 Å². The summed E-state index contributed by atoms with van der Waals surface area (Å²) < 4.78 is 0. The van der Waals surface area contributed by atoms with Gasteiger partial charge in [-0.2, -0.15) is 0 Å². The third-order valence-corrected chi connectivity index (χ3v) is 4.77. The molecule has 3 N–H and O–H groups in total. The van der Waals surface area contributed by atoms with E-state index in [1.54, 1.807) is 0 Å². The Morgan fingerprint density at radius 1 is 1.33 bits per heavy atom. The molecule has 0 saturated heterocycles. The van der Waals surface area contributed by atoms with Gasteiger partial charge in [0.1, 0.15) is 0 Å². The topological polar surface area (TPSA) is 58.6 Å². The van der Waals surface area contributed by atoms with Crippen molar-refractivity contribution in [1.29, 1.82) is 0 Å². The van der Waals surface area contributed by atoms with Gasteiger partial charge in [0.15, 0.2) is 5.84 Å². The quantitative estimate of drug-likeness (QED) is 0.380. The van der Waals surface area contributed by atoms with Crippen LogP contribution < -0.4 is 5.73 Å². The lowest BCUT2D eigenvalue weighted by Crippen LogP contribution is -2.14. The fraction of sp³-hybridized carbons (Fsp3) is 0.500. The summed E-state index contributed by atoms with van der Waals surface area (Å²) in [6.07, 6.45) is 6.76. The van der Waals surface area contributed by atoms with Gasteiger partial charge in [0.25, 0.3) is 0 Å². The molecule has 0 radical (unpaired) electrons. The fourth-order valence-corrected chi connectivity index (χ4v) is 3.77. The number of nitrogens with zero attached hydrogens (tertiary/aromatic N) is 1. The van der Waals surface area contributed by atoms with E-state index in [1.165, 1.54) is 37.0 Å². The third-order valence-electron chi connectivity index (χ3n) is 3.44. The molecule has 4 heteroatoms. The molecular formula is C14H20N2OS. The maximum absolute atomic E-state index is 8.70. The average molecular weight is 264 g/mol. The minimum atomic E-state index is 0.182. The number of hydrogen-bond donors (Lipinski definition) is 2. The Hall–Kier alpha value is -1.16. The first-order valence-corrected chi connectivity index (χ1v) is 7.34. The van der Waals surface area contributed by atoms with E-state index < -0.39 is 0 Å². The summed E-state index contributed by atoms with van der Waals surface area (Å²) in [6.45, 7) is 2.00. The van der Waals surface area contributed by atoms with Gasteiger partial charge < -0.3 is 10.9 Å². The molecular weight excluding hydrogens is 244 g/mol. The van der Waals surface area contributed by atoms with E-state index in [0.29, 0.717) is 0 Å². The van der Waals surface area contributed by atoms with Crippen LogP contribution in [0.15, 0.2) is 28.3 Å². The minimum absolute atomic E-state index is 0.182. The normalized spacial score (nSPS) is 17.9. The highest BCUT2D eigenvalue weighted by molar-refractivity contribution is 8.00. The Morgan fingerprint density at radius 3 is 2.67 bits per heavy atom. The van der Waals surface area contributed by atoms with Gasteiger partial charge in [0.05, 0.1) is 0 Å². The van der Waals surface area contributed by atoms with Gasteiger partial charge in [-0.3, -0.25) is 0 Å². The van der Waals surface area contributed by atoms with Gasteiger partial charge in [0.2, 0.25) is 0 Å². The van der Waals surface area contributed by atoms with Gasteiger partial charge in [0, 0.05) is 15.7 Å². The number of aryl methyl sites for hydroxylation is 1. The fourth-order valence-electron chi connectivity index (χ4n) is 2.43. The average Bonchev–Trinajstić information content (AvgIpc) is 2.39. The van der Waals surface area contributed by atoms with Crippen molar-refractivity contribution in [3.05, 3.63) is 29.3 Å². The molecule has 1 fully saturated rings. The number of benzene rings is 1. The Labute approximate surface area is 112 Å². The molecule has 0 heterocycles. The van der Waals surface area contributed by atoms with Gasteiger partial charge in [-0.15, -0.1) is 11.8 Å². The molecule has 1 aromatic carbocycles. The van der Waals surface area contributed by atoms with Gasteiger partial charge in [-0.25, -0.2) is 0 Å². The largest absolute Gasteiger partial charge is 0.409 e. The lowest BCUT2D eigenvalue weighted by atomic mass is 10.0. The molecule has 0 spiro atoms. The smallest absolute Gasteiger partial charge is 0.170 e. The molecule has 0 aromatic heterocycles. The standard InChI is InChI=1S/C14H20N2OS/c1-10-9-12(7-8-13(10)14(15)16-17)18-11-5-3-2-4-6-11/h7-9,11,17H,2-6H2,1H3,(H2,15,16). The van der Waals surface area contributed by atoms with Crippen LogP contribution in [0.1, 0.15) is 43.2 Å². The lowest BCUT2D eigenvalue weighted by Gasteiger charge is -2.21. The summed E-state index contributed by atoms with van der Waals surface area (Å²) in [5.41, 5.74) is 7.49. The van der Waals surface area contributed by atoms with Crippen LogP contribution in [0.3, 0.4) is 0 Å². The van der Waals surface area contributed by atoms with Crippen LogP contribution in [0.2, 0.25) is 0 Å². The summed E-state index contributed by atoms with van der Waals surface area (Å²) in [7, 11) is 0. The first-order chi connectivity index (χ1) is 8.70. The maximum Gasteiger partial charge on any atom is 0.170 e. The van der Waals surface area contributed by atoms with Crippen molar-refractivity contribution in [1.82, 2.24) is 0 Å². The molecule has 0 unspecified atom stereocenters. The summed E-state index contributed by atoms with van der Waals surface area (Å²) >= 11 is 1.96. The van der Waals surface area contributed by atoms with Crippen molar-refractivity contribution in [2.75, 3.05) is 0 Å². The van der Waals surface area contributed by atoms with Crippen molar-refractivity contribution >= 4 is 17.6 Å². The molecule has 18 heavy (non-hydrogen) atoms. The van der Waals surface area contributed by atoms with Gasteiger partial charge in [-0.05, 0) is 43.5 Å². The van der Waals surface area contributed by atoms with Crippen LogP contribution >= 0.6 is 11.8 Å². The summed E-state index contributed by atoms with van der Waals surface area (Å²) in [5, 5.41) is 12.5. The summed E-state index contributed by atoms with van der Waals surface area (Å²) in [4.78, 5) is 1.29. The highest BCUT2D eigenvalue weighted by atomic mass is 32.2. The number of amidine groups is 1.